The zero-order valence-electron chi connectivity index (χ0n) is 44.8. The normalized spacial score (nSPS) is 19.1. The van der Waals surface area contributed by atoms with Crippen molar-refractivity contribution in [3.05, 3.63) is 119 Å². The van der Waals surface area contributed by atoms with Gasteiger partial charge in [-0.3, -0.25) is 33.6 Å². The smallest absolute Gasteiger partial charge is 0.444 e. The first-order valence-corrected chi connectivity index (χ1v) is 26.1. The Morgan fingerprint density at radius 3 is 1.10 bits per heavy atom. The highest BCUT2D eigenvalue weighted by Gasteiger charge is 2.54. The second-order valence-corrected chi connectivity index (χ2v) is 20.5. The first kappa shape index (κ1) is 61.9. The number of carbonyl (C=O) groups excluding carboxylic acids is 8. The highest BCUT2D eigenvalue weighted by molar-refractivity contribution is 5.96. The molecule has 0 aliphatic carbocycles. The molecule has 424 valence electrons. The average Bonchev–Trinajstić information content (AvgIpc) is 4.06. The molecule has 0 bridgehead atoms. The quantitative estimate of drug-likeness (QED) is 0.140. The second kappa shape index (κ2) is 28.1. The van der Waals surface area contributed by atoms with E-state index in [1.54, 1.807) is 21.9 Å². The maximum atomic E-state index is 12.8. The maximum Gasteiger partial charge on any atom is 0.471 e. The molecule has 5 amide bonds. The lowest BCUT2D eigenvalue weighted by Crippen LogP contribution is -2.45. The van der Waals surface area contributed by atoms with Crippen LogP contribution in [0, 0.1) is 17.5 Å². The first-order chi connectivity index (χ1) is 36.8. The van der Waals surface area contributed by atoms with Gasteiger partial charge in [0.25, 0.3) is 17.7 Å². The zero-order chi connectivity index (χ0) is 57.4. The summed E-state index contributed by atoms with van der Waals surface area (Å²) in [7, 11) is 0. The minimum atomic E-state index is -4.82. The zero-order valence-corrected chi connectivity index (χ0v) is 44.8. The van der Waals surface area contributed by atoms with Gasteiger partial charge in [0, 0.05) is 121 Å². The molecule has 78 heavy (non-hydrogen) atoms. The van der Waals surface area contributed by atoms with E-state index in [1.165, 1.54) is 66.2 Å². The summed E-state index contributed by atoms with van der Waals surface area (Å²) in [6.45, 7) is 14.3. The van der Waals surface area contributed by atoms with Gasteiger partial charge in [-0.25, -0.2) is 18.0 Å². The minimum Gasteiger partial charge on any atom is -0.444 e. The highest BCUT2D eigenvalue weighted by atomic mass is 19.4. The summed E-state index contributed by atoms with van der Waals surface area (Å²) >= 11 is 0. The molecule has 6 saturated heterocycles. The molecule has 0 saturated carbocycles. The fraction of sp³-hybridized carbons (Fsp3) is 0.509. The monoisotopic (exact) mass is 1100 g/mol. The lowest BCUT2D eigenvalue weighted by Gasteiger charge is -2.30. The number of benzene rings is 3. The van der Waals surface area contributed by atoms with Gasteiger partial charge in [0.2, 0.25) is 0 Å². The van der Waals surface area contributed by atoms with Crippen molar-refractivity contribution < 1.29 is 74.2 Å². The molecule has 1 spiro atoms. The van der Waals surface area contributed by atoms with E-state index in [1.807, 2.05) is 37.5 Å². The van der Waals surface area contributed by atoms with Crippen molar-refractivity contribution in [3.63, 3.8) is 0 Å². The van der Waals surface area contributed by atoms with Gasteiger partial charge < -0.3 is 34.0 Å². The summed E-state index contributed by atoms with van der Waals surface area (Å²) in [6.07, 6.45) is 2.85. The highest BCUT2D eigenvalue weighted by Crippen LogP contribution is 2.45. The third kappa shape index (κ3) is 19.2. The van der Waals surface area contributed by atoms with E-state index in [2.05, 4.69) is 13.0 Å². The third-order valence-corrected chi connectivity index (χ3v) is 13.8. The van der Waals surface area contributed by atoms with Gasteiger partial charge in [-0.1, -0.05) is 11.6 Å². The molecule has 6 fully saturated rings. The van der Waals surface area contributed by atoms with Crippen LogP contribution in [0.25, 0.3) is 0 Å². The van der Waals surface area contributed by atoms with Gasteiger partial charge in [-0.05, 0) is 133 Å². The SMILES string of the molecule is CC(C)(C)OC(=O)N1CCC(=O)CC1.CC1OC12CCN(C(=O)c1ccc(F)cc1)CC2.CC=C1CCN(C(=O)c2ccc(F)cc2)CC1.O=C1CCN(C(=O)C(F)(F)F)CC1.O=C1CCN(C(=O)c2ccc(F)cc2)CC1. The number of piperidine rings is 5. The number of amides is 5. The lowest BCUT2D eigenvalue weighted by molar-refractivity contribution is -0.186. The van der Waals surface area contributed by atoms with Crippen LogP contribution in [0.5, 0.6) is 0 Å². The number of carbonyl (C=O) groups is 8. The summed E-state index contributed by atoms with van der Waals surface area (Å²) in [5, 5.41) is 0. The van der Waals surface area contributed by atoms with Crippen LogP contribution in [0.1, 0.15) is 130 Å². The van der Waals surface area contributed by atoms with Crippen LogP contribution in [-0.2, 0) is 28.7 Å². The molecular formula is C57H69F6N5O10. The van der Waals surface area contributed by atoms with Crippen molar-refractivity contribution in [2.45, 2.75) is 122 Å². The largest absolute Gasteiger partial charge is 0.471 e. The minimum absolute atomic E-state index is 0.000142. The van der Waals surface area contributed by atoms with Gasteiger partial charge >= 0.3 is 18.2 Å². The maximum absolute atomic E-state index is 12.8. The van der Waals surface area contributed by atoms with E-state index in [0.717, 1.165) is 51.9 Å². The standard InChI is InChI=1S/C14H16FNO2.C14H16FNO.C12H12FNO2.C10H17NO3.C7H8F3NO2/c1-10-14(18-10)6-8-16(9-7-14)13(17)11-2-4-12(15)5-3-11;1-2-11-7-9-16(10-8-11)14(17)12-3-5-13(15)6-4-12;13-10-3-1-9(2-4-10)12(16)14-7-5-11(15)6-8-14;1-10(2,3)14-9(13)11-6-4-8(12)5-7-11;8-7(9,10)6(13)11-3-1-5(12)2-4-11/h2-5,10H,6-9H2,1H3;2-6H,7-10H2,1H3;1-4H,5-8H2;4-7H2,1-3H3;1-4H2. The molecule has 21 heteroatoms. The molecule has 6 heterocycles. The van der Waals surface area contributed by atoms with E-state index in [9.17, 15) is 64.7 Å². The summed E-state index contributed by atoms with van der Waals surface area (Å²) < 4.78 is 84.6. The van der Waals surface area contributed by atoms with E-state index >= 15 is 0 Å². The molecule has 1 unspecified atom stereocenters. The molecule has 0 aromatic heterocycles. The molecule has 0 N–H and O–H groups in total. The molecule has 3 aromatic carbocycles. The van der Waals surface area contributed by atoms with Crippen molar-refractivity contribution in [1.29, 1.82) is 0 Å². The predicted molar refractivity (Wildman–Crippen MR) is 276 cm³/mol. The van der Waals surface area contributed by atoms with Crippen LogP contribution in [-0.4, -0.2) is 161 Å². The third-order valence-electron chi connectivity index (χ3n) is 13.8. The Bertz CT molecular complexity index is 2570. The Morgan fingerprint density at radius 2 is 0.808 bits per heavy atom. The van der Waals surface area contributed by atoms with Gasteiger partial charge in [0.1, 0.15) is 40.4 Å². The molecule has 9 rings (SSSR count). The van der Waals surface area contributed by atoms with Crippen molar-refractivity contribution in [2.75, 3.05) is 65.4 Å². The van der Waals surface area contributed by atoms with Crippen LogP contribution in [0.15, 0.2) is 84.4 Å². The molecule has 15 nitrogen and oxygen atoms in total. The molecule has 6 aliphatic rings. The van der Waals surface area contributed by atoms with E-state index in [4.69, 9.17) is 9.47 Å². The van der Waals surface area contributed by atoms with Crippen LogP contribution < -0.4 is 0 Å². The topological polar surface area (TPSA) is 175 Å². The number of nitrogens with zero attached hydrogens (tertiary/aromatic N) is 5. The van der Waals surface area contributed by atoms with Gasteiger partial charge in [-0.15, -0.1) is 0 Å². The fourth-order valence-corrected chi connectivity index (χ4v) is 8.90. The predicted octanol–water partition coefficient (Wildman–Crippen LogP) is 9.18. The first-order valence-electron chi connectivity index (χ1n) is 26.1. The molecule has 6 aliphatic heterocycles. The van der Waals surface area contributed by atoms with E-state index in [0.29, 0.717) is 79.6 Å². The number of rotatable bonds is 3. The van der Waals surface area contributed by atoms with Gasteiger partial charge in [0.15, 0.2) is 0 Å². The van der Waals surface area contributed by atoms with E-state index in [-0.39, 0.29) is 90.1 Å². The number of allylic oxidation sites excluding steroid dienone is 1. The number of likely N-dealkylation sites (tertiary alicyclic amines) is 5. The van der Waals surface area contributed by atoms with Gasteiger partial charge in [0.05, 0.1) is 11.7 Å². The van der Waals surface area contributed by atoms with Gasteiger partial charge in [-0.2, -0.15) is 13.2 Å². The Morgan fingerprint density at radius 1 is 0.513 bits per heavy atom. The Balaban J connectivity index is 0.000000181. The Kier molecular flexibility index (Phi) is 22.3. The van der Waals surface area contributed by atoms with Crippen LogP contribution in [0.4, 0.5) is 31.1 Å². The fourth-order valence-electron chi connectivity index (χ4n) is 8.90. The van der Waals surface area contributed by atoms with Crippen molar-refractivity contribution in [1.82, 2.24) is 24.5 Å². The van der Waals surface area contributed by atoms with Crippen molar-refractivity contribution in [2.24, 2.45) is 0 Å². The summed E-state index contributed by atoms with van der Waals surface area (Å²) in [4.78, 5) is 98.5. The number of ether oxygens (including phenoxy) is 2. The average molecular weight is 1100 g/mol. The Hall–Kier alpha value is -6.90. The van der Waals surface area contributed by atoms with Crippen LogP contribution in [0.2, 0.25) is 0 Å². The van der Waals surface area contributed by atoms with E-state index < -0.39 is 17.7 Å². The molecule has 0 radical (unpaired) electrons. The van der Waals surface area contributed by atoms with Crippen LogP contribution in [0.3, 0.4) is 0 Å². The second-order valence-electron chi connectivity index (χ2n) is 20.5. The molecule has 3 aromatic rings. The van der Waals surface area contributed by atoms with Crippen molar-refractivity contribution >= 4 is 47.1 Å². The number of alkyl halides is 3. The molecule has 1 atom stereocenters. The summed E-state index contributed by atoms with van der Waals surface area (Å²) in [6, 6.07) is 16.9. The Labute approximate surface area is 450 Å². The number of halogens is 6. The number of hydrogen-bond acceptors (Lipinski definition) is 10. The number of epoxide rings is 1. The molecular weight excluding hydrogens is 1030 g/mol. The lowest BCUT2D eigenvalue weighted by atomic mass is 9.93. The summed E-state index contributed by atoms with van der Waals surface area (Å²) in [5.74, 6) is -2.64. The number of hydrogen-bond donors (Lipinski definition) is 0. The van der Waals surface area contributed by atoms with Crippen LogP contribution >= 0.6 is 0 Å². The summed E-state index contributed by atoms with van der Waals surface area (Å²) in [5.41, 5.74) is 2.58. The number of Topliss-reactive ketones (excluding diaryl/α,β-unsaturated/α-hetero) is 3. The van der Waals surface area contributed by atoms with Crippen molar-refractivity contribution in [3.8, 4) is 0 Å². The number of ketones is 3.